The Balaban J connectivity index is 1.38. The van der Waals surface area contributed by atoms with E-state index < -0.39 is 17.5 Å². The number of aromatic nitrogens is 1. The summed E-state index contributed by atoms with van der Waals surface area (Å²) < 4.78 is 0. The third-order valence-electron chi connectivity index (χ3n) is 5.64. The van der Waals surface area contributed by atoms with Crippen molar-refractivity contribution >= 4 is 34.4 Å². The van der Waals surface area contributed by atoms with Crippen LogP contribution in [0.25, 0.3) is 10.9 Å². The normalized spacial score (nSPS) is 20.2. The first-order valence-electron chi connectivity index (χ1n) is 9.44. The molecule has 1 saturated heterocycles. The van der Waals surface area contributed by atoms with E-state index in [0.29, 0.717) is 18.5 Å². The van der Waals surface area contributed by atoms with Gasteiger partial charge in [-0.2, -0.15) is 0 Å². The summed E-state index contributed by atoms with van der Waals surface area (Å²) in [5, 5.41) is 6.42. The van der Waals surface area contributed by atoms with Crippen molar-refractivity contribution in [2.75, 3.05) is 11.9 Å². The lowest BCUT2D eigenvalue weighted by Gasteiger charge is -2.22. The van der Waals surface area contributed by atoms with Crippen molar-refractivity contribution in [1.29, 1.82) is 0 Å². The molecular weight excluding hydrogens is 368 g/mol. The van der Waals surface area contributed by atoms with Crippen LogP contribution in [0.3, 0.4) is 0 Å². The van der Waals surface area contributed by atoms with E-state index in [4.69, 9.17) is 0 Å². The summed E-state index contributed by atoms with van der Waals surface area (Å²) in [5.74, 6) is -0.810. The lowest BCUT2D eigenvalue weighted by molar-refractivity contribution is -0.134. The molecule has 2 heterocycles. The van der Waals surface area contributed by atoms with Crippen LogP contribution in [0.1, 0.15) is 17.5 Å². The van der Waals surface area contributed by atoms with Crippen LogP contribution in [0.5, 0.6) is 0 Å². The van der Waals surface area contributed by atoms with Crippen molar-refractivity contribution in [3.05, 3.63) is 71.9 Å². The van der Waals surface area contributed by atoms with E-state index >= 15 is 0 Å². The van der Waals surface area contributed by atoms with E-state index in [1.807, 2.05) is 36.4 Å². The van der Waals surface area contributed by atoms with Crippen LogP contribution >= 0.6 is 0 Å². The Hall–Kier alpha value is -3.74. The fourth-order valence-electron chi connectivity index (χ4n) is 4.28. The van der Waals surface area contributed by atoms with Gasteiger partial charge in [0.25, 0.3) is 5.91 Å². The Morgan fingerprint density at radius 2 is 1.97 bits per heavy atom. The molecule has 1 fully saturated rings. The van der Waals surface area contributed by atoms with E-state index in [0.717, 1.165) is 26.9 Å². The third-order valence-corrected chi connectivity index (χ3v) is 5.64. The fourth-order valence-corrected chi connectivity index (χ4v) is 4.28. The van der Waals surface area contributed by atoms with Crippen molar-refractivity contribution in [2.45, 2.75) is 18.4 Å². The molecule has 2 aliphatic rings. The summed E-state index contributed by atoms with van der Waals surface area (Å²) in [6, 6.07) is 16.1. The first kappa shape index (κ1) is 17.4. The number of benzene rings is 2. The second-order valence-corrected chi connectivity index (χ2v) is 7.31. The summed E-state index contributed by atoms with van der Waals surface area (Å²) in [6.45, 7) is -0.342. The van der Waals surface area contributed by atoms with Gasteiger partial charge in [0.15, 0.2) is 0 Å². The lowest BCUT2D eigenvalue weighted by Crippen LogP contribution is -2.43. The Morgan fingerprint density at radius 3 is 2.86 bits per heavy atom. The summed E-state index contributed by atoms with van der Waals surface area (Å²) in [5.41, 5.74) is 2.16. The van der Waals surface area contributed by atoms with E-state index in [1.165, 1.54) is 0 Å². The topological polar surface area (TPSA) is 91.4 Å². The second kappa shape index (κ2) is 6.41. The standard InChI is InChI=1S/C22H18N4O3/c27-19(24-18-9-3-8-17-15(18)6-4-12-23-17)13-26-20(28)22(25-21(26)29)11-10-14-5-1-2-7-16(14)22/h1-9,12H,10-11,13H2,(H,24,27)(H,25,29). The molecule has 7 nitrogen and oxygen atoms in total. The molecule has 1 spiro atoms. The van der Waals surface area contributed by atoms with Crippen molar-refractivity contribution in [3.63, 3.8) is 0 Å². The number of amides is 4. The maximum Gasteiger partial charge on any atom is 0.325 e. The molecule has 4 amide bonds. The molecule has 0 saturated carbocycles. The number of urea groups is 1. The van der Waals surface area contributed by atoms with Crippen LogP contribution in [0.4, 0.5) is 10.5 Å². The molecule has 144 valence electrons. The zero-order chi connectivity index (χ0) is 20.0. The van der Waals surface area contributed by atoms with Gasteiger partial charge in [-0.15, -0.1) is 0 Å². The highest BCUT2D eigenvalue weighted by Crippen LogP contribution is 2.41. The number of nitrogens with zero attached hydrogens (tertiary/aromatic N) is 2. The molecule has 1 aromatic heterocycles. The highest BCUT2D eigenvalue weighted by molar-refractivity contribution is 6.11. The van der Waals surface area contributed by atoms with Crippen LogP contribution in [0, 0.1) is 0 Å². The number of carbonyl (C=O) groups excluding carboxylic acids is 3. The zero-order valence-electron chi connectivity index (χ0n) is 15.5. The molecule has 0 radical (unpaired) electrons. The van der Waals surface area contributed by atoms with Gasteiger partial charge in [-0.3, -0.25) is 19.5 Å². The largest absolute Gasteiger partial charge is 0.325 e. The summed E-state index contributed by atoms with van der Waals surface area (Å²) >= 11 is 0. The average Bonchev–Trinajstić information content (AvgIpc) is 3.22. The number of rotatable bonds is 3. The van der Waals surface area contributed by atoms with Crippen molar-refractivity contribution in [1.82, 2.24) is 15.2 Å². The predicted octanol–water partition coefficient (Wildman–Crippen LogP) is 2.57. The third kappa shape index (κ3) is 2.66. The quantitative estimate of drug-likeness (QED) is 0.677. The maximum atomic E-state index is 13.2. The monoisotopic (exact) mass is 386 g/mol. The highest BCUT2D eigenvalue weighted by Gasteiger charge is 2.55. The van der Waals surface area contributed by atoms with Crippen molar-refractivity contribution < 1.29 is 14.4 Å². The van der Waals surface area contributed by atoms with Crippen LogP contribution in [0.15, 0.2) is 60.8 Å². The van der Waals surface area contributed by atoms with Crippen LogP contribution in [-0.2, 0) is 21.5 Å². The average molecular weight is 386 g/mol. The fraction of sp³-hybridized carbons (Fsp3) is 0.182. The highest BCUT2D eigenvalue weighted by atomic mass is 16.2. The smallest absolute Gasteiger partial charge is 0.324 e. The minimum absolute atomic E-state index is 0.342. The van der Waals surface area contributed by atoms with Crippen molar-refractivity contribution in [2.24, 2.45) is 0 Å². The van der Waals surface area contributed by atoms with Gasteiger partial charge in [-0.25, -0.2) is 4.79 Å². The molecule has 1 aliphatic carbocycles. The van der Waals surface area contributed by atoms with Crippen LogP contribution in [0.2, 0.25) is 0 Å². The summed E-state index contributed by atoms with van der Waals surface area (Å²) in [7, 11) is 0. The molecule has 7 heteroatoms. The molecule has 1 atom stereocenters. The van der Waals surface area contributed by atoms with Gasteiger partial charge in [0.1, 0.15) is 12.1 Å². The van der Waals surface area contributed by atoms with E-state index in [9.17, 15) is 14.4 Å². The molecule has 3 aromatic rings. The number of nitrogens with one attached hydrogen (secondary N) is 2. The molecule has 5 rings (SSSR count). The summed E-state index contributed by atoms with van der Waals surface area (Å²) in [6.07, 6.45) is 2.90. The predicted molar refractivity (Wildman–Crippen MR) is 107 cm³/mol. The molecule has 0 bridgehead atoms. The van der Waals surface area contributed by atoms with Gasteiger partial charge in [0.2, 0.25) is 5.91 Å². The Labute approximate surface area is 166 Å². The van der Waals surface area contributed by atoms with Gasteiger partial charge in [-0.05, 0) is 48.2 Å². The first-order valence-corrected chi connectivity index (χ1v) is 9.44. The van der Waals surface area contributed by atoms with Gasteiger partial charge < -0.3 is 10.6 Å². The van der Waals surface area contributed by atoms with Crippen LogP contribution in [-0.4, -0.2) is 34.3 Å². The van der Waals surface area contributed by atoms with Gasteiger partial charge in [0, 0.05) is 11.6 Å². The van der Waals surface area contributed by atoms with Crippen molar-refractivity contribution in [3.8, 4) is 0 Å². The zero-order valence-corrected chi connectivity index (χ0v) is 15.5. The number of anilines is 1. The molecule has 1 unspecified atom stereocenters. The lowest BCUT2D eigenvalue weighted by atomic mass is 9.92. The van der Waals surface area contributed by atoms with Gasteiger partial charge in [-0.1, -0.05) is 30.3 Å². The SMILES string of the molecule is O=C(CN1C(=O)NC2(CCc3ccccc32)C1=O)Nc1cccc2ncccc12. The van der Waals surface area contributed by atoms with E-state index in [-0.39, 0.29) is 12.5 Å². The second-order valence-electron chi connectivity index (χ2n) is 7.31. The number of pyridine rings is 1. The molecule has 1 aliphatic heterocycles. The number of hydrogen-bond donors (Lipinski definition) is 2. The minimum atomic E-state index is -1.06. The first-order chi connectivity index (χ1) is 14.1. The van der Waals surface area contributed by atoms with E-state index in [2.05, 4.69) is 15.6 Å². The molecule has 29 heavy (non-hydrogen) atoms. The number of hydrogen-bond acceptors (Lipinski definition) is 4. The van der Waals surface area contributed by atoms with E-state index in [1.54, 1.807) is 24.4 Å². The Morgan fingerprint density at radius 1 is 1.10 bits per heavy atom. The number of fused-ring (bicyclic) bond motifs is 3. The molecular formula is C22H18N4O3. The molecule has 2 aromatic carbocycles. The minimum Gasteiger partial charge on any atom is -0.324 e. The van der Waals surface area contributed by atoms with Gasteiger partial charge >= 0.3 is 6.03 Å². The number of carbonyl (C=O) groups is 3. The Kier molecular flexibility index (Phi) is 3.84. The number of imide groups is 1. The summed E-state index contributed by atoms with van der Waals surface area (Å²) in [4.78, 5) is 43.6. The number of aryl methyl sites for hydroxylation is 1. The molecule has 2 N–H and O–H groups in total. The Bertz CT molecular complexity index is 1170. The van der Waals surface area contributed by atoms with Crippen LogP contribution < -0.4 is 10.6 Å². The maximum absolute atomic E-state index is 13.2. The van der Waals surface area contributed by atoms with Gasteiger partial charge in [0.05, 0.1) is 11.2 Å².